The van der Waals surface area contributed by atoms with E-state index < -0.39 is 18.2 Å². The number of aromatic nitrogens is 2. The summed E-state index contributed by atoms with van der Waals surface area (Å²) in [5, 5.41) is 9.38. The Morgan fingerprint density at radius 1 is 1.30 bits per heavy atom. The molecule has 23 heavy (non-hydrogen) atoms. The highest BCUT2D eigenvalue weighted by Crippen LogP contribution is 2.32. The molecule has 4 nitrogen and oxygen atoms in total. The van der Waals surface area contributed by atoms with Gasteiger partial charge in [0.25, 0.3) is 0 Å². The molecule has 1 aliphatic heterocycles. The van der Waals surface area contributed by atoms with E-state index in [2.05, 4.69) is 9.88 Å². The van der Waals surface area contributed by atoms with Crippen molar-refractivity contribution in [2.24, 2.45) is 5.92 Å². The molecule has 7 heteroatoms. The summed E-state index contributed by atoms with van der Waals surface area (Å²) in [6, 6.07) is 5.79. The van der Waals surface area contributed by atoms with Gasteiger partial charge in [-0.3, -0.25) is 4.90 Å². The first kappa shape index (κ1) is 16.3. The maximum atomic E-state index is 12.6. The summed E-state index contributed by atoms with van der Waals surface area (Å²) in [4.78, 5) is 6.63. The number of imidazole rings is 1. The number of rotatable bonds is 3. The number of fused-ring (bicyclic) bond motifs is 1. The minimum absolute atomic E-state index is 0.358. The molecule has 2 aromatic rings. The van der Waals surface area contributed by atoms with Crippen LogP contribution in [0.1, 0.15) is 24.2 Å². The van der Waals surface area contributed by atoms with Crippen LogP contribution < -0.4 is 0 Å². The lowest BCUT2D eigenvalue weighted by Crippen LogP contribution is -2.43. The predicted octanol–water partition coefficient (Wildman–Crippen LogP) is 2.78. The molecule has 0 aliphatic carbocycles. The van der Waals surface area contributed by atoms with E-state index in [9.17, 15) is 18.3 Å². The van der Waals surface area contributed by atoms with Crippen molar-refractivity contribution in [1.29, 1.82) is 0 Å². The molecule has 126 valence electrons. The van der Waals surface area contributed by atoms with Gasteiger partial charge in [-0.15, -0.1) is 0 Å². The number of hydrogen-bond donors (Lipinski definition) is 1. The fourth-order valence-corrected chi connectivity index (χ4v) is 3.26. The zero-order valence-electron chi connectivity index (χ0n) is 12.9. The standard InChI is InChI=1S/C16H20F3N3O/c1-11-13(22-7-3-2-4-14(22)20-11)10-21-8-5-12(6-9-21)15(23)16(17,18)19/h2-4,7,12,15,23H,5-6,8-10H2,1H3. The number of hydrogen-bond acceptors (Lipinski definition) is 3. The molecule has 3 rings (SSSR count). The van der Waals surface area contributed by atoms with Gasteiger partial charge in [0.15, 0.2) is 6.10 Å². The van der Waals surface area contributed by atoms with Crippen LogP contribution in [0.2, 0.25) is 0 Å². The quantitative estimate of drug-likeness (QED) is 0.942. The minimum atomic E-state index is -4.52. The molecule has 1 fully saturated rings. The Morgan fingerprint density at radius 3 is 2.65 bits per heavy atom. The van der Waals surface area contributed by atoms with Crippen molar-refractivity contribution in [2.45, 2.75) is 38.6 Å². The lowest BCUT2D eigenvalue weighted by atomic mass is 9.91. The van der Waals surface area contributed by atoms with Crippen LogP contribution in [0.15, 0.2) is 24.4 Å². The van der Waals surface area contributed by atoms with Crippen LogP contribution in [0.3, 0.4) is 0 Å². The number of aryl methyl sites for hydroxylation is 1. The molecule has 0 radical (unpaired) electrons. The molecule has 1 saturated heterocycles. The molecule has 1 atom stereocenters. The molecule has 1 aliphatic rings. The summed E-state index contributed by atoms with van der Waals surface area (Å²) >= 11 is 0. The lowest BCUT2D eigenvalue weighted by Gasteiger charge is -2.34. The van der Waals surface area contributed by atoms with E-state index in [1.165, 1.54) is 0 Å². The van der Waals surface area contributed by atoms with E-state index in [0.717, 1.165) is 17.0 Å². The molecule has 0 amide bonds. The zero-order valence-corrected chi connectivity index (χ0v) is 12.9. The van der Waals surface area contributed by atoms with Crippen LogP contribution in [0.5, 0.6) is 0 Å². The fourth-order valence-electron chi connectivity index (χ4n) is 3.26. The Bertz CT molecular complexity index is 675. The molecule has 3 heterocycles. The van der Waals surface area contributed by atoms with Crippen LogP contribution >= 0.6 is 0 Å². The summed E-state index contributed by atoms with van der Waals surface area (Å²) in [6.07, 6.45) is -4.06. The van der Waals surface area contributed by atoms with Crippen molar-refractivity contribution < 1.29 is 18.3 Å². The fraction of sp³-hybridized carbons (Fsp3) is 0.562. The number of nitrogens with zero attached hydrogens (tertiary/aromatic N) is 3. The van der Waals surface area contributed by atoms with Crippen molar-refractivity contribution in [3.8, 4) is 0 Å². The highest BCUT2D eigenvalue weighted by molar-refractivity contribution is 5.42. The van der Waals surface area contributed by atoms with E-state index in [1.54, 1.807) is 0 Å². The van der Waals surface area contributed by atoms with Gasteiger partial charge in [0.05, 0.1) is 11.4 Å². The van der Waals surface area contributed by atoms with Gasteiger partial charge in [-0.2, -0.15) is 13.2 Å². The first-order valence-corrected chi connectivity index (χ1v) is 7.76. The highest BCUT2D eigenvalue weighted by atomic mass is 19.4. The van der Waals surface area contributed by atoms with Gasteiger partial charge in [-0.25, -0.2) is 4.98 Å². The van der Waals surface area contributed by atoms with Gasteiger partial charge in [0, 0.05) is 12.7 Å². The van der Waals surface area contributed by atoms with Gasteiger partial charge in [0.1, 0.15) is 5.65 Å². The second kappa shape index (κ2) is 6.13. The Hall–Kier alpha value is -1.60. The molecule has 1 N–H and O–H groups in total. The Labute approximate surface area is 132 Å². The average molecular weight is 327 g/mol. The van der Waals surface area contributed by atoms with E-state index in [4.69, 9.17) is 0 Å². The predicted molar refractivity (Wildman–Crippen MR) is 80.0 cm³/mol. The van der Waals surface area contributed by atoms with Crippen LogP contribution in [0.4, 0.5) is 13.2 Å². The first-order chi connectivity index (χ1) is 10.9. The van der Waals surface area contributed by atoms with E-state index in [-0.39, 0.29) is 0 Å². The van der Waals surface area contributed by atoms with E-state index in [0.29, 0.717) is 32.5 Å². The molecule has 1 unspecified atom stereocenters. The van der Waals surface area contributed by atoms with Gasteiger partial charge < -0.3 is 9.51 Å². The molecule has 0 aromatic carbocycles. The molecule has 2 aromatic heterocycles. The Morgan fingerprint density at radius 2 is 2.00 bits per heavy atom. The summed E-state index contributed by atoms with van der Waals surface area (Å²) < 4.78 is 39.8. The van der Waals surface area contributed by atoms with E-state index in [1.807, 2.05) is 35.7 Å². The smallest absolute Gasteiger partial charge is 0.383 e. The number of halogens is 3. The molecular formula is C16H20F3N3O. The van der Waals surface area contributed by atoms with Crippen LogP contribution in [0.25, 0.3) is 5.65 Å². The third-order valence-electron chi connectivity index (χ3n) is 4.62. The normalized spacial score (nSPS) is 19.3. The van der Waals surface area contributed by atoms with Gasteiger partial charge in [0.2, 0.25) is 0 Å². The number of aliphatic hydroxyl groups excluding tert-OH is 1. The van der Waals surface area contributed by atoms with Gasteiger partial charge in [-0.1, -0.05) is 6.07 Å². The summed E-state index contributed by atoms with van der Waals surface area (Å²) in [5.74, 6) is -0.700. The van der Waals surface area contributed by atoms with Crippen molar-refractivity contribution in [3.63, 3.8) is 0 Å². The zero-order chi connectivity index (χ0) is 16.6. The molecule has 0 spiro atoms. The molecule has 0 bridgehead atoms. The number of piperidine rings is 1. The summed E-state index contributed by atoms with van der Waals surface area (Å²) in [7, 11) is 0. The Balaban J connectivity index is 1.66. The highest BCUT2D eigenvalue weighted by Gasteiger charge is 2.44. The van der Waals surface area contributed by atoms with Crippen molar-refractivity contribution in [1.82, 2.24) is 14.3 Å². The van der Waals surface area contributed by atoms with Crippen molar-refractivity contribution >= 4 is 5.65 Å². The number of pyridine rings is 1. The van der Waals surface area contributed by atoms with Gasteiger partial charge >= 0.3 is 6.18 Å². The summed E-state index contributed by atoms with van der Waals surface area (Å²) in [6.45, 7) is 3.71. The van der Waals surface area contributed by atoms with Crippen LogP contribution in [0, 0.1) is 12.8 Å². The number of likely N-dealkylation sites (tertiary alicyclic amines) is 1. The maximum absolute atomic E-state index is 12.6. The monoisotopic (exact) mass is 327 g/mol. The third kappa shape index (κ3) is 3.35. The van der Waals surface area contributed by atoms with Crippen molar-refractivity contribution in [3.05, 3.63) is 35.8 Å². The third-order valence-corrected chi connectivity index (χ3v) is 4.62. The second-order valence-electron chi connectivity index (χ2n) is 6.17. The minimum Gasteiger partial charge on any atom is -0.383 e. The topological polar surface area (TPSA) is 40.8 Å². The molecule has 0 saturated carbocycles. The number of alkyl halides is 3. The lowest BCUT2D eigenvalue weighted by molar-refractivity contribution is -0.223. The Kier molecular flexibility index (Phi) is 4.33. The number of aliphatic hydroxyl groups is 1. The maximum Gasteiger partial charge on any atom is 0.414 e. The second-order valence-corrected chi connectivity index (χ2v) is 6.17. The first-order valence-electron chi connectivity index (χ1n) is 7.76. The van der Waals surface area contributed by atoms with E-state index >= 15 is 0 Å². The van der Waals surface area contributed by atoms with Gasteiger partial charge in [-0.05, 0) is 50.9 Å². The average Bonchev–Trinajstić information content (AvgIpc) is 2.82. The SMILES string of the molecule is Cc1nc2ccccn2c1CN1CCC(C(O)C(F)(F)F)CC1. The van der Waals surface area contributed by atoms with Crippen molar-refractivity contribution in [2.75, 3.05) is 13.1 Å². The van der Waals surface area contributed by atoms with Crippen LogP contribution in [-0.2, 0) is 6.54 Å². The van der Waals surface area contributed by atoms with Crippen LogP contribution in [-0.4, -0.2) is 44.8 Å². The molecular weight excluding hydrogens is 307 g/mol. The summed E-state index contributed by atoms with van der Waals surface area (Å²) in [5.41, 5.74) is 2.88. The largest absolute Gasteiger partial charge is 0.414 e.